The van der Waals surface area contributed by atoms with Crippen LogP contribution >= 0.6 is 0 Å². The van der Waals surface area contributed by atoms with E-state index >= 15 is 0 Å². The van der Waals surface area contributed by atoms with E-state index in [1.807, 2.05) is 0 Å². The van der Waals surface area contributed by atoms with Gasteiger partial charge in [-0.25, -0.2) is 18.7 Å². The average molecular weight is 375 g/mol. The van der Waals surface area contributed by atoms with Gasteiger partial charge >= 0.3 is 0 Å². The molecule has 5 rings (SSSR count). The lowest BCUT2D eigenvalue weighted by Gasteiger charge is -2.12. The summed E-state index contributed by atoms with van der Waals surface area (Å²) in [6, 6.07) is 3.42. The van der Waals surface area contributed by atoms with Crippen molar-refractivity contribution in [1.29, 1.82) is 0 Å². The zero-order valence-electron chi connectivity index (χ0n) is 14.9. The van der Waals surface area contributed by atoms with Gasteiger partial charge in [0, 0.05) is 24.0 Å². The van der Waals surface area contributed by atoms with E-state index in [1.165, 1.54) is 32.9 Å². The summed E-state index contributed by atoms with van der Waals surface area (Å²) >= 11 is 0. The fraction of sp³-hybridized carbons (Fsp3) is 0.118. The van der Waals surface area contributed by atoms with Gasteiger partial charge in [-0.1, -0.05) is 0 Å². The van der Waals surface area contributed by atoms with Crippen molar-refractivity contribution in [2.24, 2.45) is 0 Å². The molecule has 0 amide bonds. The number of fused-ring (bicyclic) bond motifs is 3. The van der Waals surface area contributed by atoms with Gasteiger partial charge in [-0.2, -0.15) is 0 Å². The van der Waals surface area contributed by atoms with Crippen molar-refractivity contribution in [2.75, 3.05) is 0 Å². The highest BCUT2D eigenvalue weighted by Crippen LogP contribution is 2.18. The van der Waals surface area contributed by atoms with Gasteiger partial charge in [0.1, 0.15) is 24.3 Å². The smallest absolute Gasteiger partial charge is 0.267 e. The molecule has 0 bridgehead atoms. The monoisotopic (exact) mass is 375 g/mol. The molecule has 0 aliphatic rings. The summed E-state index contributed by atoms with van der Waals surface area (Å²) in [5.74, 6) is 1.14. The Morgan fingerprint density at radius 2 is 1.50 bits per heavy atom. The summed E-state index contributed by atoms with van der Waals surface area (Å²) in [4.78, 5) is 30.5. The molecular weight excluding hydrogens is 362 g/mol. The van der Waals surface area contributed by atoms with Crippen LogP contribution < -0.4 is 11.1 Å². The molecule has 0 N–H and O–H groups in total. The van der Waals surface area contributed by atoms with E-state index in [4.69, 9.17) is 0 Å². The molecule has 0 spiro atoms. The highest BCUT2D eigenvalue weighted by atomic mass is 16.1. The van der Waals surface area contributed by atoms with Gasteiger partial charge in [-0.15, -0.1) is 20.4 Å². The maximum Gasteiger partial charge on any atom is 0.279 e. The largest absolute Gasteiger partial charge is 0.279 e. The first kappa shape index (κ1) is 16.1. The quantitative estimate of drug-likeness (QED) is 0.403. The summed E-state index contributed by atoms with van der Waals surface area (Å²) in [6.45, 7) is 3.51. The van der Waals surface area contributed by atoms with Crippen molar-refractivity contribution in [3.05, 3.63) is 75.7 Å². The fourth-order valence-electron chi connectivity index (χ4n) is 3.32. The van der Waals surface area contributed by atoms with E-state index in [0.717, 1.165) is 0 Å². The number of aryl methyl sites for hydroxylation is 2. The second-order valence-corrected chi connectivity index (χ2v) is 6.22. The third kappa shape index (κ3) is 2.13. The molecule has 138 valence electrons. The maximum atomic E-state index is 13.1. The van der Waals surface area contributed by atoms with Gasteiger partial charge in [-0.3, -0.25) is 14.6 Å². The number of hydrogen-bond acceptors (Lipinski definition) is 7. The second-order valence-electron chi connectivity index (χ2n) is 6.22. The molecule has 28 heavy (non-hydrogen) atoms. The number of rotatable bonds is 2. The third-order valence-electron chi connectivity index (χ3n) is 4.59. The Labute approximate surface area is 156 Å². The number of nitrogens with zero attached hydrogens (tertiary/aromatic N) is 9. The molecule has 5 aromatic heterocycles. The van der Waals surface area contributed by atoms with Crippen molar-refractivity contribution in [3.63, 3.8) is 0 Å². The van der Waals surface area contributed by atoms with Crippen LogP contribution in [0.25, 0.3) is 21.7 Å². The van der Waals surface area contributed by atoms with Gasteiger partial charge < -0.3 is 0 Å². The Kier molecular flexibility index (Phi) is 3.25. The van der Waals surface area contributed by atoms with Crippen molar-refractivity contribution in [1.82, 2.24) is 44.1 Å². The topological polar surface area (TPSA) is 118 Å². The Morgan fingerprint density at radius 1 is 0.821 bits per heavy atom. The molecule has 0 aliphatic heterocycles. The first-order chi connectivity index (χ1) is 13.6. The predicted octanol–water partition coefficient (Wildman–Crippen LogP) is 0.134. The minimum Gasteiger partial charge on any atom is -0.267 e. The molecule has 11 nitrogen and oxygen atoms in total. The number of pyridine rings is 3. The van der Waals surface area contributed by atoms with Gasteiger partial charge in [0.15, 0.2) is 0 Å². The van der Waals surface area contributed by atoms with Crippen molar-refractivity contribution in [2.45, 2.75) is 13.8 Å². The van der Waals surface area contributed by atoms with Crippen LogP contribution in [-0.4, -0.2) is 44.1 Å². The third-order valence-corrected chi connectivity index (χ3v) is 4.59. The minimum atomic E-state index is -0.329. The molecule has 0 saturated heterocycles. The zero-order chi connectivity index (χ0) is 19.4. The molecule has 5 aromatic rings. The summed E-state index contributed by atoms with van der Waals surface area (Å²) in [7, 11) is 0. The van der Waals surface area contributed by atoms with Crippen molar-refractivity contribution in [3.8, 4) is 0 Å². The highest BCUT2D eigenvalue weighted by molar-refractivity contribution is 6.04. The molecule has 0 radical (unpaired) electrons. The first-order valence-electron chi connectivity index (χ1n) is 8.36. The summed E-state index contributed by atoms with van der Waals surface area (Å²) in [5, 5.41) is 16.6. The zero-order valence-corrected chi connectivity index (χ0v) is 14.9. The molecule has 0 fully saturated rings. The van der Waals surface area contributed by atoms with E-state index in [2.05, 4.69) is 25.4 Å². The summed E-state index contributed by atoms with van der Waals surface area (Å²) < 4.78 is 5.81. The Bertz CT molecular complexity index is 1460. The van der Waals surface area contributed by atoms with E-state index in [9.17, 15) is 9.59 Å². The molecular formula is C17H13N9O2. The molecule has 0 unspecified atom stereocenters. The highest BCUT2D eigenvalue weighted by Gasteiger charge is 2.15. The Balaban J connectivity index is 1.87. The van der Waals surface area contributed by atoms with E-state index in [1.54, 1.807) is 43.0 Å². The van der Waals surface area contributed by atoms with Crippen LogP contribution in [0.2, 0.25) is 0 Å². The first-order valence-corrected chi connectivity index (χ1v) is 8.36. The number of hydrogen-bond donors (Lipinski definition) is 0. The van der Waals surface area contributed by atoms with Gasteiger partial charge in [-0.05, 0) is 26.0 Å². The van der Waals surface area contributed by atoms with Crippen LogP contribution in [-0.2, 0) is 0 Å². The molecule has 0 atom stereocenters. The normalized spacial score (nSPS) is 11.5. The van der Waals surface area contributed by atoms with Crippen LogP contribution in [0.15, 0.2) is 53.0 Å². The van der Waals surface area contributed by atoms with Crippen LogP contribution in [0.5, 0.6) is 0 Å². The lowest BCUT2D eigenvalue weighted by Crippen LogP contribution is -2.28. The lowest BCUT2D eigenvalue weighted by atomic mass is 10.1. The van der Waals surface area contributed by atoms with Crippen molar-refractivity contribution >= 4 is 21.7 Å². The molecule has 0 saturated carbocycles. The molecule has 5 heterocycles. The minimum absolute atomic E-state index is 0.320. The van der Waals surface area contributed by atoms with Crippen molar-refractivity contribution < 1.29 is 0 Å². The molecule has 11 heteroatoms. The fourth-order valence-corrected chi connectivity index (χ4v) is 3.32. The van der Waals surface area contributed by atoms with Crippen LogP contribution in [0.4, 0.5) is 0 Å². The standard InChI is InChI=1S/C17H13N9O2/c1-10-21-22-11(2)26(10)25-5-3-12-13(16(25)27)7-18-14-4-6-24(17(28)15(12)14)23-8-19-20-9-23/h3-9H,1-2H3. The SMILES string of the molecule is Cc1nnc(C)n1-n1ccc2c(cnc3ccn(-n4cnnc4)c(=O)c32)c1=O. The van der Waals surface area contributed by atoms with Crippen LogP contribution in [0, 0.1) is 13.8 Å². The molecule has 0 aromatic carbocycles. The van der Waals surface area contributed by atoms with Crippen LogP contribution in [0.3, 0.4) is 0 Å². The lowest BCUT2D eigenvalue weighted by molar-refractivity contribution is 0.595. The average Bonchev–Trinajstić information content (AvgIpc) is 3.33. The summed E-state index contributed by atoms with van der Waals surface area (Å²) in [6.07, 6.45) is 7.49. The Morgan fingerprint density at radius 3 is 2.21 bits per heavy atom. The van der Waals surface area contributed by atoms with Gasteiger partial charge in [0.2, 0.25) is 0 Å². The molecule has 0 aliphatic carbocycles. The van der Waals surface area contributed by atoms with E-state index in [-0.39, 0.29) is 11.1 Å². The van der Waals surface area contributed by atoms with Gasteiger partial charge in [0.25, 0.3) is 11.1 Å². The number of aromatic nitrogens is 9. The van der Waals surface area contributed by atoms with E-state index < -0.39 is 0 Å². The van der Waals surface area contributed by atoms with E-state index in [0.29, 0.717) is 33.3 Å². The van der Waals surface area contributed by atoms with Crippen LogP contribution in [0.1, 0.15) is 11.6 Å². The maximum absolute atomic E-state index is 13.1. The summed E-state index contributed by atoms with van der Waals surface area (Å²) in [5.41, 5.74) is -0.156. The van der Waals surface area contributed by atoms with Gasteiger partial charge in [0.05, 0.1) is 16.3 Å². The predicted molar refractivity (Wildman–Crippen MR) is 98.9 cm³/mol. The Hall–Kier alpha value is -4.15. The second kappa shape index (κ2) is 5.67.